The van der Waals surface area contributed by atoms with E-state index in [-0.39, 0.29) is 0 Å². The number of hydrogen-bond donors (Lipinski definition) is 1. The highest BCUT2D eigenvalue weighted by atomic mass is 16.3. The van der Waals surface area contributed by atoms with E-state index < -0.39 is 0 Å². The molecule has 0 aliphatic carbocycles. The second kappa shape index (κ2) is 3.81. The maximum atomic E-state index is 5.86. The van der Waals surface area contributed by atoms with E-state index in [4.69, 9.17) is 10.2 Å². The first-order valence-corrected chi connectivity index (χ1v) is 5.16. The van der Waals surface area contributed by atoms with Crippen LogP contribution in [0, 0.1) is 6.92 Å². The van der Waals surface area contributed by atoms with E-state index in [9.17, 15) is 0 Å². The van der Waals surface area contributed by atoms with Crippen molar-refractivity contribution in [1.82, 2.24) is 0 Å². The molecule has 78 valence electrons. The molecule has 0 atom stereocenters. The fourth-order valence-electron chi connectivity index (χ4n) is 1.52. The summed E-state index contributed by atoms with van der Waals surface area (Å²) in [5, 5.41) is 0. The first-order valence-electron chi connectivity index (χ1n) is 5.16. The molecule has 0 aliphatic heterocycles. The van der Waals surface area contributed by atoms with Gasteiger partial charge in [0.05, 0.1) is 0 Å². The van der Waals surface area contributed by atoms with Crippen molar-refractivity contribution in [2.75, 3.05) is 5.73 Å². The lowest BCUT2D eigenvalue weighted by molar-refractivity contribution is 0.529. The molecule has 2 aromatic rings. The monoisotopic (exact) mass is 201 g/mol. The average molecular weight is 201 g/mol. The molecule has 0 unspecified atom stereocenters. The number of hydrogen-bond acceptors (Lipinski definition) is 2. The standard InChI is InChI=1S/C13H15NO/c1-3-11-6-7-13(15-11)10-5-4-9(2)12(14)8-10/h4-8H,3,14H2,1-2H3. The normalized spacial score (nSPS) is 10.5. The maximum Gasteiger partial charge on any atom is 0.134 e. The van der Waals surface area contributed by atoms with Crippen LogP contribution in [0.2, 0.25) is 0 Å². The van der Waals surface area contributed by atoms with E-state index in [2.05, 4.69) is 6.92 Å². The zero-order valence-corrected chi connectivity index (χ0v) is 9.08. The molecule has 2 nitrogen and oxygen atoms in total. The van der Waals surface area contributed by atoms with Crippen molar-refractivity contribution in [2.24, 2.45) is 0 Å². The van der Waals surface area contributed by atoms with Crippen LogP contribution >= 0.6 is 0 Å². The van der Waals surface area contributed by atoms with Crippen LogP contribution in [0.4, 0.5) is 5.69 Å². The van der Waals surface area contributed by atoms with Gasteiger partial charge in [-0.05, 0) is 30.7 Å². The molecule has 2 heteroatoms. The van der Waals surface area contributed by atoms with Gasteiger partial charge in [0.15, 0.2) is 0 Å². The Balaban J connectivity index is 2.40. The topological polar surface area (TPSA) is 39.2 Å². The molecule has 0 fully saturated rings. The second-order valence-electron chi connectivity index (χ2n) is 3.69. The van der Waals surface area contributed by atoms with Gasteiger partial charge in [0.1, 0.15) is 11.5 Å². The van der Waals surface area contributed by atoms with E-state index in [0.29, 0.717) is 0 Å². The van der Waals surface area contributed by atoms with Gasteiger partial charge in [0.25, 0.3) is 0 Å². The van der Waals surface area contributed by atoms with Crippen molar-refractivity contribution in [1.29, 1.82) is 0 Å². The first kappa shape index (κ1) is 9.84. The van der Waals surface area contributed by atoms with Crippen LogP contribution < -0.4 is 5.73 Å². The van der Waals surface area contributed by atoms with Crippen molar-refractivity contribution in [3.8, 4) is 11.3 Å². The third-order valence-corrected chi connectivity index (χ3v) is 2.57. The van der Waals surface area contributed by atoms with E-state index in [1.54, 1.807) is 0 Å². The molecule has 1 heterocycles. The average Bonchev–Trinajstić information content (AvgIpc) is 2.70. The van der Waals surface area contributed by atoms with Crippen molar-refractivity contribution in [3.63, 3.8) is 0 Å². The van der Waals surface area contributed by atoms with Gasteiger partial charge >= 0.3 is 0 Å². The van der Waals surface area contributed by atoms with Crippen LogP contribution in [0.3, 0.4) is 0 Å². The van der Waals surface area contributed by atoms with Crippen LogP contribution in [0.5, 0.6) is 0 Å². The summed E-state index contributed by atoms with van der Waals surface area (Å²) in [5.74, 6) is 1.89. The zero-order valence-electron chi connectivity index (χ0n) is 9.08. The van der Waals surface area contributed by atoms with Crippen LogP contribution in [-0.2, 0) is 6.42 Å². The number of anilines is 1. The smallest absolute Gasteiger partial charge is 0.134 e. The molecule has 0 amide bonds. The molecule has 1 aromatic heterocycles. The van der Waals surface area contributed by atoms with E-state index in [0.717, 1.165) is 34.8 Å². The molecule has 0 saturated heterocycles. The van der Waals surface area contributed by atoms with Crippen molar-refractivity contribution < 1.29 is 4.42 Å². The lowest BCUT2D eigenvalue weighted by Gasteiger charge is -2.02. The summed E-state index contributed by atoms with van der Waals surface area (Å²) < 4.78 is 5.66. The Labute approximate surface area is 89.7 Å². The summed E-state index contributed by atoms with van der Waals surface area (Å²) >= 11 is 0. The Bertz CT molecular complexity index is 471. The van der Waals surface area contributed by atoms with Gasteiger partial charge in [-0.1, -0.05) is 19.1 Å². The van der Waals surface area contributed by atoms with Crippen molar-refractivity contribution in [2.45, 2.75) is 20.3 Å². The summed E-state index contributed by atoms with van der Waals surface area (Å²) in [4.78, 5) is 0. The Kier molecular flexibility index (Phi) is 2.50. The van der Waals surface area contributed by atoms with Gasteiger partial charge in [-0.2, -0.15) is 0 Å². The van der Waals surface area contributed by atoms with Crippen LogP contribution in [-0.4, -0.2) is 0 Å². The predicted octanol–water partition coefficient (Wildman–Crippen LogP) is 3.40. The molecule has 0 saturated carbocycles. The summed E-state index contributed by atoms with van der Waals surface area (Å²) in [6, 6.07) is 9.99. The molecule has 2 N–H and O–H groups in total. The Morgan fingerprint density at radius 1 is 1.20 bits per heavy atom. The van der Waals surface area contributed by atoms with Gasteiger partial charge in [-0.15, -0.1) is 0 Å². The van der Waals surface area contributed by atoms with Crippen LogP contribution in [0.15, 0.2) is 34.7 Å². The number of nitrogen functional groups attached to an aromatic ring is 1. The highest BCUT2D eigenvalue weighted by Crippen LogP contribution is 2.25. The number of nitrogens with two attached hydrogens (primary N) is 1. The largest absolute Gasteiger partial charge is 0.461 e. The molecule has 0 aliphatic rings. The molecule has 0 bridgehead atoms. The predicted molar refractivity (Wildman–Crippen MR) is 62.7 cm³/mol. The molecule has 0 spiro atoms. The SMILES string of the molecule is CCc1ccc(-c2ccc(C)c(N)c2)o1. The number of benzene rings is 1. The molecule has 1 aromatic carbocycles. The van der Waals surface area contributed by atoms with Gasteiger partial charge in [-0.3, -0.25) is 0 Å². The molecule has 2 rings (SSSR count). The van der Waals surface area contributed by atoms with E-state index >= 15 is 0 Å². The number of aryl methyl sites for hydroxylation is 2. The van der Waals surface area contributed by atoms with Gasteiger partial charge in [0.2, 0.25) is 0 Å². The van der Waals surface area contributed by atoms with Crippen LogP contribution in [0.25, 0.3) is 11.3 Å². The highest BCUT2D eigenvalue weighted by molar-refractivity contribution is 5.65. The minimum Gasteiger partial charge on any atom is -0.461 e. The van der Waals surface area contributed by atoms with Crippen molar-refractivity contribution in [3.05, 3.63) is 41.7 Å². The van der Waals surface area contributed by atoms with E-state index in [1.807, 2.05) is 37.3 Å². The molecular formula is C13H15NO. The minimum atomic E-state index is 0.807. The first-order chi connectivity index (χ1) is 7.20. The van der Waals surface area contributed by atoms with Gasteiger partial charge in [-0.25, -0.2) is 0 Å². The lowest BCUT2D eigenvalue weighted by atomic mass is 10.1. The Hall–Kier alpha value is -1.70. The quantitative estimate of drug-likeness (QED) is 0.756. The third kappa shape index (κ3) is 1.89. The zero-order chi connectivity index (χ0) is 10.8. The minimum absolute atomic E-state index is 0.807. The molecular weight excluding hydrogens is 186 g/mol. The second-order valence-corrected chi connectivity index (χ2v) is 3.69. The number of furan rings is 1. The fourth-order valence-corrected chi connectivity index (χ4v) is 1.52. The summed E-state index contributed by atoms with van der Waals surface area (Å²) in [6.07, 6.45) is 0.918. The van der Waals surface area contributed by atoms with Crippen molar-refractivity contribution >= 4 is 5.69 Å². The molecule has 15 heavy (non-hydrogen) atoms. The third-order valence-electron chi connectivity index (χ3n) is 2.57. The van der Waals surface area contributed by atoms with Gasteiger partial charge in [0, 0.05) is 17.7 Å². The van der Waals surface area contributed by atoms with Crippen LogP contribution in [0.1, 0.15) is 18.2 Å². The van der Waals surface area contributed by atoms with Gasteiger partial charge < -0.3 is 10.2 Å². The fraction of sp³-hybridized carbons (Fsp3) is 0.231. The van der Waals surface area contributed by atoms with E-state index in [1.165, 1.54) is 0 Å². The summed E-state index contributed by atoms with van der Waals surface area (Å²) in [7, 11) is 0. The molecule has 0 radical (unpaired) electrons. The summed E-state index contributed by atoms with van der Waals surface area (Å²) in [6.45, 7) is 4.07. The summed E-state index contributed by atoms with van der Waals surface area (Å²) in [5.41, 5.74) is 8.80. The maximum absolute atomic E-state index is 5.86. The highest BCUT2D eigenvalue weighted by Gasteiger charge is 2.04. The Morgan fingerprint density at radius 3 is 2.60 bits per heavy atom. The lowest BCUT2D eigenvalue weighted by Crippen LogP contribution is -1.89. The Morgan fingerprint density at radius 2 is 2.00 bits per heavy atom. The number of rotatable bonds is 2.